The summed E-state index contributed by atoms with van der Waals surface area (Å²) in [5.74, 6) is -0.942. The predicted octanol–water partition coefficient (Wildman–Crippen LogP) is 6.65. The SMILES string of the molecule is Cc1c(C)c(C(c2ccc(O)cc2)(C(F)(F)F)C(F)(F)F)c(Br)c(Br)c1O. The molecule has 0 amide bonds. The molecular weight excluding hydrogens is 510 g/mol. The molecular formula is C17H12Br2F6O2. The third kappa shape index (κ3) is 3.20. The van der Waals surface area contributed by atoms with Gasteiger partial charge in [0.2, 0.25) is 5.41 Å². The van der Waals surface area contributed by atoms with Gasteiger partial charge in [0.25, 0.3) is 0 Å². The smallest absolute Gasteiger partial charge is 0.411 e. The maximum absolute atomic E-state index is 14.2. The van der Waals surface area contributed by atoms with E-state index in [2.05, 4.69) is 31.9 Å². The molecule has 148 valence electrons. The number of rotatable bonds is 2. The minimum absolute atomic E-state index is 0.128. The highest BCUT2D eigenvalue weighted by Crippen LogP contribution is 2.60. The molecule has 2 nitrogen and oxygen atoms in total. The number of hydrogen-bond acceptors (Lipinski definition) is 2. The van der Waals surface area contributed by atoms with Crippen molar-refractivity contribution in [3.63, 3.8) is 0 Å². The van der Waals surface area contributed by atoms with Crippen LogP contribution in [-0.2, 0) is 5.41 Å². The molecule has 2 aromatic carbocycles. The zero-order chi connectivity index (χ0) is 20.9. The highest BCUT2D eigenvalue weighted by molar-refractivity contribution is 9.13. The van der Waals surface area contributed by atoms with Gasteiger partial charge in [-0.25, -0.2) is 0 Å². The molecule has 0 saturated heterocycles. The molecule has 0 aliphatic heterocycles. The lowest BCUT2D eigenvalue weighted by molar-refractivity contribution is -0.289. The van der Waals surface area contributed by atoms with Crippen molar-refractivity contribution < 1.29 is 36.6 Å². The third-order valence-electron chi connectivity index (χ3n) is 4.44. The number of aromatic hydroxyl groups is 2. The van der Waals surface area contributed by atoms with Crippen LogP contribution in [0.5, 0.6) is 11.5 Å². The summed E-state index contributed by atoms with van der Waals surface area (Å²) in [6.07, 6.45) is -11.6. The van der Waals surface area contributed by atoms with E-state index >= 15 is 0 Å². The third-order valence-corrected chi connectivity index (χ3v) is 6.54. The number of alkyl halides is 6. The lowest BCUT2D eigenvalue weighted by atomic mass is 9.70. The van der Waals surface area contributed by atoms with Gasteiger partial charge in [-0.1, -0.05) is 12.1 Å². The molecule has 0 aromatic heterocycles. The van der Waals surface area contributed by atoms with Gasteiger partial charge in [0, 0.05) is 4.47 Å². The van der Waals surface area contributed by atoms with Gasteiger partial charge in [-0.15, -0.1) is 0 Å². The van der Waals surface area contributed by atoms with E-state index in [4.69, 9.17) is 0 Å². The Hall–Kier alpha value is -1.42. The quantitative estimate of drug-likeness (QED) is 0.434. The molecule has 27 heavy (non-hydrogen) atoms. The van der Waals surface area contributed by atoms with Gasteiger partial charge >= 0.3 is 12.4 Å². The number of benzene rings is 2. The lowest BCUT2D eigenvalue weighted by Crippen LogP contribution is -2.55. The molecule has 0 fully saturated rings. The van der Waals surface area contributed by atoms with Gasteiger partial charge in [-0.3, -0.25) is 0 Å². The van der Waals surface area contributed by atoms with E-state index < -0.39 is 44.9 Å². The minimum atomic E-state index is -5.78. The molecule has 0 unspecified atom stereocenters. The Labute approximate surface area is 167 Å². The summed E-state index contributed by atoms with van der Waals surface area (Å²) in [7, 11) is 0. The number of phenolic OH excluding ortho intramolecular Hbond substituents is 2. The van der Waals surface area contributed by atoms with Gasteiger partial charge in [0.05, 0.1) is 4.47 Å². The van der Waals surface area contributed by atoms with Crippen LogP contribution in [0.3, 0.4) is 0 Å². The first kappa shape index (κ1) is 21.9. The highest BCUT2D eigenvalue weighted by Gasteiger charge is 2.73. The van der Waals surface area contributed by atoms with Gasteiger partial charge in [-0.05, 0) is 80.1 Å². The van der Waals surface area contributed by atoms with Gasteiger partial charge in [0.15, 0.2) is 0 Å². The van der Waals surface area contributed by atoms with Crippen LogP contribution in [0.15, 0.2) is 33.2 Å². The second-order valence-electron chi connectivity index (χ2n) is 5.89. The van der Waals surface area contributed by atoms with Crippen LogP contribution in [0.1, 0.15) is 22.3 Å². The fourth-order valence-electron chi connectivity index (χ4n) is 2.98. The molecule has 10 heteroatoms. The largest absolute Gasteiger partial charge is 0.508 e. The van der Waals surface area contributed by atoms with Crippen molar-refractivity contribution in [2.24, 2.45) is 0 Å². The summed E-state index contributed by atoms with van der Waals surface area (Å²) in [5.41, 5.74) is -7.09. The topological polar surface area (TPSA) is 40.5 Å². The van der Waals surface area contributed by atoms with Crippen LogP contribution in [0.4, 0.5) is 26.3 Å². The van der Waals surface area contributed by atoms with Crippen molar-refractivity contribution in [2.75, 3.05) is 0 Å². The molecule has 0 spiro atoms. The average molecular weight is 522 g/mol. The normalized spacial score (nSPS) is 13.1. The van der Waals surface area contributed by atoms with Crippen LogP contribution in [0, 0.1) is 13.8 Å². The fraction of sp³-hybridized carbons (Fsp3) is 0.294. The maximum atomic E-state index is 14.2. The summed E-state index contributed by atoms with van der Waals surface area (Å²) < 4.78 is 84.2. The monoisotopic (exact) mass is 520 g/mol. The number of hydrogen-bond donors (Lipinski definition) is 2. The van der Waals surface area contributed by atoms with Crippen molar-refractivity contribution in [1.29, 1.82) is 0 Å². The first-order valence-corrected chi connectivity index (χ1v) is 8.87. The second-order valence-corrected chi connectivity index (χ2v) is 7.48. The van der Waals surface area contributed by atoms with Crippen molar-refractivity contribution >= 4 is 31.9 Å². The maximum Gasteiger partial charge on any atom is 0.411 e. The van der Waals surface area contributed by atoms with E-state index in [9.17, 15) is 36.6 Å². The zero-order valence-electron chi connectivity index (χ0n) is 13.7. The van der Waals surface area contributed by atoms with Crippen molar-refractivity contribution in [3.05, 3.63) is 55.5 Å². The average Bonchev–Trinajstić information content (AvgIpc) is 2.54. The summed E-state index contributed by atoms with van der Waals surface area (Å²) in [5, 5.41) is 19.3. The van der Waals surface area contributed by atoms with Crippen molar-refractivity contribution in [2.45, 2.75) is 31.6 Å². The van der Waals surface area contributed by atoms with Gasteiger partial charge in [-0.2, -0.15) is 26.3 Å². The minimum Gasteiger partial charge on any atom is -0.508 e. The van der Waals surface area contributed by atoms with Crippen LogP contribution < -0.4 is 0 Å². The number of phenols is 2. The molecule has 0 heterocycles. The van der Waals surface area contributed by atoms with E-state index in [-0.39, 0.29) is 15.6 Å². The fourth-order valence-corrected chi connectivity index (χ4v) is 4.26. The molecule has 0 bridgehead atoms. The molecule has 2 N–H and O–H groups in total. The highest BCUT2D eigenvalue weighted by atomic mass is 79.9. The Balaban J connectivity index is 3.16. The van der Waals surface area contributed by atoms with E-state index in [1.54, 1.807) is 0 Å². The number of halogens is 8. The van der Waals surface area contributed by atoms with Crippen LogP contribution in [-0.4, -0.2) is 22.6 Å². The molecule has 2 aromatic rings. The Bertz CT molecular complexity index is 830. The van der Waals surface area contributed by atoms with Crippen LogP contribution in [0.25, 0.3) is 0 Å². The molecule has 0 aliphatic carbocycles. The summed E-state index contributed by atoms with van der Waals surface area (Å²) in [4.78, 5) is 0. The molecule has 0 aliphatic rings. The van der Waals surface area contributed by atoms with Crippen molar-refractivity contribution in [3.8, 4) is 11.5 Å². The Morgan fingerprint density at radius 2 is 1.19 bits per heavy atom. The summed E-state index contributed by atoms with van der Waals surface area (Å²) in [6.45, 7) is 2.30. The first-order chi connectivity index (χ1) is 12.2. The summed E-state index contributed by atoms with van der Waals surface area (Å²) in [6, 6.07) is 2.68. The molecule has 0 radical (unpaired) electrons. The zero-order valence-corrected chi connectivity index (χ0v) is 16.9. The summed E-state index contributed by atoms with van der Waals surface area (Å²) >= 11 is 5.65. The Kier molecular flexibility index (Phi) is 5.57. The van der Waals surface area contributed by atoms with Gasteiger partial charge < -0.3 is 10.2 Å². The molecule has 0 saturated carbocycles. The van der Waals surface area contributed by atoms with E-state index in [0.717, 1.165) is 19.1 Å². The second kappa shape index (κ2) is 6.88. The molecule has 0 atom stereocenters. The van der Waals surface area contributed by atoms with Gasteiger partial charge in [0.1, 0.15) is 11.5 Å². The first-order valence-electron chi connectivity index (χ1n) is 7.28. The molecule has 2 rings (SSSR count). The van der Waals surface area contributed by atoms with Crippen LogP contribution >= 0.6 is 31.9 Å². The van der Waals surface area contributed by atoms with E-state index in [1.165, 1.54) is 6.92 Å². The lowest BCUT2D eigenvalue weighted by Gasteiger charge is -2.40. The Morgan fingerprint density at radius 3 is 1.59 bits per heavy atom. The predicted molar refractivity (Wildman–Crippen MR) is 94.0 cm³/mol. The standard InChI is InChI=1S/C17H12Br2F6O2/c1-7-8(2)14(27)13(19)12(18)11(7)15(16(20,21)22,17(23,24)25)9-3-5-10(26)6-4-9/h3-6,26-27H,1-2H3. The van der Waals surface area contributed by atoms with Crippen molar-refractivity contribution in [1.82, 2.24) is 0 Å². The Morgan fingerprint density at radius 1 is 0.741 bits per heavy atom. The van der Waals surface area contributed by atoms with E-state index in [0.29, 0.717) is 12.1 Å². The van der Waals surface area contributed by atoms with Crippen LogP contribution in [0.2, 0.25) is 0 Å². The van der Waals surface area contributed by atoms with E-state index in [1.807, 2.05) is 0 Å².